The van der Waals surface area contributed by atoms with Gasteiger partial charge in [-0.25, -0.2) is 0 Å². The first-order valence-corrected chi connectivity index (χ1v) is 8.01. The van der Waals surface area contributed by atoms with Gasteiger partial charge in [-0.1, -0.05) is 30.3 Å². The molecule has 1 aromatic rings. The Morgan fingerprint density at radius 2 is 1.96 bits per heavy atom. The number of alkyl halides is 3. The van der Waals surface area contributed by atoms with Crippen molar-refractivity contribution in [3.05, 3.63) is 35.9 Å². The van der Waals surface area contributed by atoms with Gasteiger partial charge in [-0.3, -0.25) is 9.59 Å². The van der Waals surface area contributed by atoms with E-state index in [1.54, 1.807) is 4.90 Å². The third-order valence-electron chi connectivity index (χ3n) is 3.95. The Hall–Kier alpha value is -2.05. The highest BCUT2D eigenvalue weighted by Crippen LogP contribution is 2.21. The number of aryl methyl sites for hydroxylation is 1. The van der Waals surface area contributed by atoms with Gasteiger partial charge in [0.2, 0.25) is 11.8 Å². The lowest BCUT2D eigenvalue weighted by molar-refractivity contribution is -0.144. The van der Waals surface area contributed by atoms with E-state index in [-0.39, 0.29) is 12.3 Å². The number of halogens is 3. The zero-order valence-electron chi connectivity index (χ0n) is 13.3. The fourth-order valence-electron chi connectivity index (χ4n) is 2.76. The van der Waals surface area contributed by atoms with Crippen LogP contribution in [-0.4, -0.2) is 42.0 Å². The van der Waals surface area contributed by atoms with E-state index in [0.29, 0.717) is 13.1 Å². The number of hydrogen-bond donors (Lipinski definition) is 1. The predicted octanol–water partition coefficient (Wildman–Crippen LogP) is 2.68. The number of amides is 2. The Kier molecular flexibility index (Phi) is 6.23. The molecule has 0 unspecified atom stereocenters. The summed E-state index contributed by atoms with van der Waals surface area (Å²) in [6.07, 6.45) is -4.25. The van der Waals surface area contributed by atoms with E-state index >= 15 is 0 Å². The maximum atomic E-state index is 12.1. The second-order valence-electron chi connectivity index (χ2n) is 6.01. The molecule has 1 fully saturated rings. The maximum Gasteiger partial charge on any atom is 0.389 e. The summed E-state index contributed by atoms with van der Waals surface area (Å²) in [7, 11) is 0. The molecule has 0 aliphatic carbocycles. The molecule has 0 spiro atoms. The molecular weight excluding hydrogens is 321 g/mol. The minimum Gasteiger partial charge on any atom is -0.351 e. The normalized spacial score (nSPS) is 18.0. The van der Waals surface area contributed by atoms with Crippen LogP contribution in [0.4, 0.5) is 13.2 Å². The van der Waals surface area contributed by atoms with Crippen molar-refractivity contribution in [3.8, 4) is 0 Å². The summed E-state index contributed by atoms with van der Waals surface area (Å²) in [5, 5.41) is 2.52. The van der Waals surface area contributed by atoms with E-state index in [9.17, 15) is 22.8 Å². The number of nitrogens with one attached hydrogen (secondary N) is 1. The fraction of sp³-hybridized carbons (Fsp3) is 0.529. The van der Waals surface area contributed by atoms with Crippen LogP contribution in [0.2, 0.25) is 0 Å². The fourth-order valence-corrected chi connectivity index (χ4v) is 2.76. The molecule has 2 amide bonds. The second-order valence-corrected chi connectivity index (χ2v) is 6.01. The van der Waals surface area contributed by atoms with Gasteiger partial charge in [0.15, 0.2) is 0 Å². The molecule has 0 radical (unpaired) electrons. The van der Waals surface area contributed by atoms with Gasteiger partial charge in [-0.2, -0.15) is 13.2 Å². The highest BCUT2D eigenvalue weighted by Gasteiger charge is 2.32. The molecule has 0 bridgehead atoms. The number of carbonyl (C=O) groups is 2. The molecule has 1 aliphatic rings. The van der Waals surface area contributed by atoms with Gasteiger partial charge in [-0.05, 0) is 18.4 Å². The van der Waals surface area contributed by atoms with Gasteiger partial charge in [0.05, 0.1) is 12.5 Å². The largest absolute Gasteiger partial charge is 0.389 e. The first-order valence-electron chi connectivity index (χ1n) is 8.01. The zero-order chi connectivity index (χ0) is 17.6. The Bertz CT molecular complexity index is 561. The lowest BCUT2D eigenvalue weighted by Crippen LogP contribution is -2.37. The number of benzene rings is 1. The number of likely N-dealkylation sites (tertiary alicyclic amines) is 1. The highest BCUT2D eigenvalue weighted by molar-refractivity contribution is 5.82. The van der Waals surface area contributed by atoms with Crippen molar-refractivity contribution >= 4 is 11.8 Å². The van der Waals surface area contributed by atoms with Gasteiger partial charge in [0, 0.05) is 25.9 Å². The van der Waals surface area contributed by atoms with Crippen LogP contribution in [0.15, 0.2) is 30.3 Å². The summed E-state index contributed by atoms with van der Waals surface area (Å²) >= 11 is 0. The van der Waals surface area contributed by atoms with Crippen LogP contribution < -0.4 is 5.32 Å². The third-order valence-corrected chi connectivity index (χ3v) is 3.95. The molecule has 1 aromatic carbocycles. The molecule has 1 aliphatic heterocycles. The van der Waals surface area contributed by atoms with Crippen LogP contribution >= 0.6 is 0 Å². The smallest absolute Gasteiger partial charge is 0.351 e. The van der Waals surface area contributed by atoms with Gasteiger partial charge in [0.1, 0.15) is 0 Å². The molecule has 2 rings (SSSR count). The van der Waals surface area contributed by atoms with Crippen molar-refractivity contribution in [2.24, 2.45) is 0 Å². The molecular formula is C17H21F3N2O2. The van der Waals surface area contributed by atoms with E-state index in [2.05, 4.69) is 5.32 Å². The Morgan fingerprint density at radius 1 is 1.25 bits per heavy atom. The van der Waals surface area contributed by atoms with Crippen LogP contribution in [0.5, 0.6) is 0 Å². The molecule has 24 heavy (non-hydrogen) atoms. The summed E-state index contributed by atoms with van der Waals surface area (Å²) < 4.78 is 36.3. The lowest BCUT2D eigenvalue weighted by atomic mass is 10.1. The van der Waals surface area contributed by atoms with Gasteiger partial charge >= 0.3 is 6.18 Å². The molecule has 1 N–H and O–H groups in total. The average Bonchev–Trinajstić information content (AvgIpc) is 2.85. The van der Waals surface area contributed by atoms with E-state index in [0.717, 1.165) is 12.8 Å². The highest BCUT2D eigenvalue weighted by atomic mass is 19.4. The number of carbonyl (C=O) groups excluding carboxylic acids is 2. The Labute approximate surface area is 139 Å². The van der Waals surface area contributed by atoms with Gasteiger partial charge in [-0.15, -0.1) is 0 Å². The van der Waals surface area contributed by atoms with E-state index in [4.69, 9.17) is 0 Å². The molecule has 0 saturated carbocycles. The average molecular weight is 342 g/mol. The first kappa shape index (κ1) is 18.3. The van der Waals surface area contributed by atoms with Crippen molar-refractivity contribution in [2.75, 3.05) is 13.1 Å². The van der Waals surface area contributed by atoms with Crippen LogP contribution in [0.3, 0.4) is 0 Å². The summed E-state index contributed by atoms with van der Waals surface area (Å²) in [6.45, 7) is 0.952. The maximum absolute atomic E-state index is 12.1. The van der Waals surface area contributed by atoms with E-state index in [1.807, 2.05) is 30.3 Å². The van der Waals surface area contributed by atoms with Crippen LogP contribution in [0.1, 0.15) is 31.2 Å². The molecule has 1 atom stereocenters. The minimum atomic E-state index is -4.34. The topological polar surface area (TPSA) is 49.4 Å². The summed E-state index contributed by atoms with van der Waals surface area (Å²) in [5.74, 6) is -0.722. The van der Waals surface area contributed by atoms with E-state index in [1.165, 1.54) is 5.56 Å². The number of hydrogen-bond acceptors (Lipinski definition) is 2. The molecule has 1 heterocycles. The van der Waals surface area contributed by atoms with Crippen molar-refractivity contribution in [1.82, 2.24) is 10.2 Å². The summed E-state index contributed by atoms with van der Waals surface area (Å²) in [5.41, 5.74) is 1.20. The van der Waals surface area contributed by atoms with Gasteiger partial charge in [0.25, 0.3) is 0 Å². The number of nitrogens with zero attached hydrogens (tertiary/aromatic N) is 1. The minimum absolute atomic E-state index is 0.0656. The molecule has 4 nitrogen and oxygen atoms in total. The summed E-state index contributed by atoms with van der Waals surface area (Å²) in [4.78, 5) is 25.1. The standard InChI is InChI=1S/C17H21F3N2O2/c18-17(19,20)9-8-15(23)21-14-11-16(24)22(12-14)10-4-7-13-5-2-1-3-6-13/h1-3,5-6,14H,4,7-12H2,(H,21,23)/t14-/m0/s1. The van der Waals surface area contributed by atoms with Crippen molar-refractivity contribution in [3.63, 3.8) is 0 Å². The quantitative estimate of drug-likeness (QED) is 0.828. The molecule has 0 aromatic heterocycles. The number of rotatable bonds is 7. The van der Waals surface area contributed by atoms with Crippen LogP contribution in [0, 0.1) is 0 Å². The summed E-state index contributed by atoms with van der Waals surface area (Å²) in [6, 6.07) is 9.52. The Morgan fingerprint density at radius 3 is 2.62 bits per heavy atom. The monoisotopic (exact) mass is 342 g/mol. The molecule has 7 heteroatoms. The third kappa shape index (κ3) is 6.22. The lowest BCUT2D eigenvalue weighted by Gasteiger charge is -2.17. The molecule has 132 valence electrons. The molecule has 1 saturated heterocycles. The SMILES string of the molecule is O=C(CCC(F)(F)F)N[C@H]1CC(=O)N(CCCc2ccccc2)C1. The van der Waals surface area contributed by atoms with Crippen LogP contribution in [-0.2, 0) is 16.0 Å². The Balaban J connectivity index is 1.70. The van der Waals surface area contributed by atoms with Crippen LogP contribution in [0.25, 0.3) is 0 Å². The van der Waals surface area contributed by atoms with Gasteiger partial charge < -0.3 is 10.2 Å². The zero-order valence-corrected chi connectivity index (χ0v) is 13.3. The van der Waals surface area contributed by atoms with Crippen molar-refractivity contribution in [1.29, 1.82) is 0 Å². The van der Waals surface area contributed by atoms with Crippen molar-refractivity contribution < 1.29 is 22.8 Å². The van der Waals surface area contributed by atoms with Crippen molar-refractivity contribution in [2.45, 2.75) is 44.3 Å². The second kappa shape index (κ2) is 8.17. The van der Waals surface area contributed by atoms with E-state index < -0.39 is 31.0 Å². The first-order chi connectivity index (χ1) is 11.3. The predicted molar refractivity (Wildman–Crippen MR) is 83.2 cm³/mol.